The van der Waals surface area contributed by atoms with E-state index < -0.39 is 96.4 Å². The molecule has 0 saturated carbocycles. The minimum atomic E-state index is -1.69. The topological polar surface area (TPSA) is 293 Å². The van der Waals surface area contributed by atoms with Crippen molar-refractivity contribution in [3.8, 4) is 0 Å². The van der Waals surface area contributed by atoms with E-state index in [1.54, 1.807) is 19.2 Å². The molecule has 4 atom stereocenters. The lowest BCUT2D eigenvalue weighted by Crippen LogP contribution is -2.58. The first-order valence-corrected chi connectivity index (χ1v) is 16.1. The second-order valence-corrected chi connectivity index (χ2v) is 11.9. The number of rotatable bonds is 19. The molecule has 1 heterocycles. The van der Waals surface area contributed by atoms with Crippen molar-refractivity contribution in [2.24, 2.45) is 5.73 Å². The number of hydrogen-bond donors (Lipinski definition) is 8. The molecule has 0 radical (unpaired) electrons. The molecule has 0 saturated heterocycles. The molecule has 0 aliphatic carbocycles. The van der Waals surface area contributed by atoms with Crippen LogP contribution in [0.15, 0.2) is 33.5 Å². The smallest absolute Gasteiger partial charge is 0.336 e. The van der Waals surface area contributed by atoms with Gasteiger partial charge in [-0.05, 0) is 49.5 Å². The number of benzene rings is 1. The van der Waals surface area contributed by atoms with Crippen LogP contribution in [0.1, 0.15) is 44.6 Å². The summed E-state index contributed by atoms with van der Waals surface area (Å²) in [4.78, 5) is 111. The first-order valence-electron chi connectivity index (χ1n) is 14.7. The molecule has 0 spiro atoms. The Morgan fingerprint density at radius 3 is 1.86 bits per heavy atom. The van der Waals surface area contributed by atoms with Crippen molar-refractivity contribution < 1.29 is 53.0 Å². The number of primary amides is 1. The number of carboxylic acid groups (broad SMARTS) is 2. The van der Waals surface area contributed by atoms with Crippen LogP contribution in [0.5, 0.6) is 0 Å². The predicted molar refractivity (Wildman–Crippen MR) is 175 cm³/mol. The average Bonchev–Trinajstić information content (AvgIpc) is 2.99. The van der Waals surface area contributed by atoms with Gasteiger partial charge in [-0.3, -0.25) is 38.4 Å². The Balaban J connectivity index is 2.30. The van der Waals surface area contributed by atoms with Crippen LogP contribution in [0.2, 0.25) is 0 Å². The van der Waals surface area contributed by atoms with Gasteiger partial charge in [0.1, 0.15) is 29.8 Å². The number of hydrogen-bond acceptors (Lipinski definition) is 11. The van der Waals surface area contributed by atoms with E-state index >= 15 is 0 Å². The number of aryl methyl sites for hydroxylation is 1. The van der Waals surface area contributed by atoms with Crippen LogP contribution >= 0.6 is 11.8 Å². The highest BCUT2D eigenvalue weighted by Crippen LogP contribution is 2.21. The van der Waals surface area contributed by atoms with Crippen molar-refractivity contribution in [1.82, 2.24) is 21.3 Å². The summed E-state index contributed by atoms with van der Waals surface area (Å²) in [5.41, 5.74) is 5.49. The van der Waals surface area contributed by atoms with Gasteiger partial charge >= 0.3 is 17.6 Å². The lowest BCUT2D eigenvalue weighted by molar-refractivity contribution is -0.141. The summed E-state index contributed by atoms with van der Waals surface area (Å²) in [6.07, 6.45) is -0.761. The summed E-state index contributed by atoms with van der Waals surface area (Å²) < 4.78 is 5.16. The second kappa shape index (κ2) is 18.8. The molecule has 2 rings (SSSR count). The van der Waals surface area contributed by atoms with Gasteiger partial charge in [0, 0.05) is 36.6 Å². The fourth-order valence-corrected chi connectivity index (χ4v) is 4.99. The van der Waals surface area contributed by atoms with Gasteiger partial charge in [-0.2, -0.15) is 11.8 Å². The van der Waals surface area contributed by atoms with Crippen LogP contribution in [-0.4, -0.2) is 93.8 Å². The first kappa shape index (κ1) is 39.7. The van der Waals surface area contributed by atoms with E-state index in [-0.39, 0.29) is 24.1 Å². The lowest BCUT2D eigenvalue weighted by atomic mass is 10.1. The zero-order valence-electron chi connectivity index (χ0n) is 26.8. The van der Waals surface area contributed by atoms with Crippen molar-refractivity contribution in [2.75, 3.05) is 17.3 Å². The van der Waals surface area contributed by atoms with E-state index in [1.165, 1.54) is 30.0 Å². The van der Waals surface area contributed by atoms with Gasteiger partial charge in [0.15, 0.2) is 0 Å². The maximum atomic E-state index is 13.4. The minimum absolute atomic E-state index is 0.00177. The number of thioether (sulfide) groups is 1. The third kappa shape index (κ3) is 13.3. The summed E-state index contributed by atoms with van der Waals surface area (Å²) in [6.45, 7) is 2.76. The number of carbonyl (C=O) groups is 8. The highest BCUT2D eigenvalue weighted by Gasteiger charge is 2.32. The highest BCUT2D eigenvalue weighted by molar-refractivity contribution is 7.98. The average molecular weight is 707 g/mol. The molecule has 9 N–H and O–H groups in total. The third-order valence-corrected chi connectivity index (χ3v) is 7.50. The molecule has 1 aromatic heterocycles. The van der Waals surface area contributed by atoms with Gasteiger partial charge in [0.25, 0.3) is 0 Å². The molecule has 18 nitrogen and oxygen atoms in total. The van der Waals surface area contributed by atoms with Crippen LogP contribution < -0.4 is 37.9 Å². The van der Waals surface area contributed by atoms with Gasteiger partial charge in [0.05, 0.1) is 12.8 Å². The number of nitrogens with one attached hydrogen (secondary N) is 5. The number of nitrogens with two attached hydrogens (primary N) is 1. The van der Waals surface area contributed by atoms with Crippen LogP contribution in [0.3, 0.4) is 0 Å². The highest BCUT2D eigenvalue weighted by atomic mass is 32.2. The molecule has 0 fully saturated rings. The summed E-state index contributed by atoms with van der Waals surface area (Å²) in [7, 11) is 0. The summed E-state index contributed by atoms with van der Waals surface area (Å²) in [5.74, 6) is -8.04. The zero-order chi connectivity index (χ0) is 36.8. The fourth-order valence-electron chi connectivity index (χ4n) is 4.52. The predicted octanol–water partition coefficient (Wildman–Crippen LogP) is -1.03. The molecule has 0 aliphatic heterocycles. The molecule has 0 bridgehead atoms. The number of aliphatic carboxylic acids is 2. The van der Waals surface area contributed by atoms with E-state index in [0.717, 1.165) is 6.92 Å². The molecule has 49 heavy (non-hydrogen) atoms. The number of fused-ring (bicyclic) bond motifs is 1. The van der Waals surface area contributed by atoms with Gasteiger partial charge in [-0.15, -0.1) is 0 Å². The largest absolute Gasteiger partial charge is 0.481 e. The molecule has 6 amide bonds. The molecule has 0 aliphatic rings. The normalized spacial score (nSPS) is 13.2. The Bertz CT molecular complexity index is 1650. The summed E-state index contributed by atoms with van der Waals surface area (Å²) in [6, 6.07) is -0.454. The van der Waals surface area contributed by atoms with Gasteiger partial charge in [-0.25, -0.2) is 4.79 Å². The van der Waals surface area contributed by atoms with E-state index in [9.17, 15) is 48.3 Å². The Labute approximate surface area is 283 Å². The monoisotopic (exact) mass is 706 g/mol. The first-order chi connectivity index (χ1) is 23.0. The van der Waals surface area contributed by atoms with E-state index in [4.69, 9.17) is 15.3 Å². The maximum Gasteiger partial charge on any atom is 0.336 e. The molecular formula is C30H38N6O12S. The zero-order valence-corrected chi connectivity index (χ0v) is 27.6. The van der Waals surface area contributed by atoms with Crippen LogP contribution in [0.25, 0.3) is 11.0 Å². The standard InChI is InChI=1S/C30H38N6O12S/c1-14-10-26(43)48-22-11-16(4-5-17(14)22)33-29(46)21(13-25(41)42)36-27(44)18(6-7-23(31)38)34-28(45)19(8-9-49-3)35-30(47)20(12-24(39)40)32-15(2)37/h4-5,10-11,18-21H,6-9,12-13H2,1-3H3,(H2,31,38)(H,32,37)(H,33,46)(H,34,45)(H,35,47)(H,36,44)(H,39,40)(H,41,42). The summed E-state index contributed by atoms with van der Waals surface area (Å²) in [5, 5.41) is 30.8. The van der Waals surface area contributed by atoms with Gasteiger partial charge in [0.2, 0.25) is 35.4 Å². The molecular weight excluding hydrogens is 668 g/mol. The number of carboxylic acids is 2. The maximum absolute atomic E-state index is 13.4. The Morgan fingerprint density at radius 1 is 0.796 bits per heavy atom. The van der Waals surface area contributed by atoms with Crippen molar-refractivity contribution in [3.63, 3.8) is 0 Å². The Hall–Kier alpha value is -5.46. The Morgan fingerprint density at radius 2 is 1.33 bits per heavy atom. The second-order valence-electron chi connectivity index (χ2n) is 10.9. The van der Waals surface area contributed by atoms with Crippen molar-refractivity contribution >= 4 is 75.8 Å². The van der Waals surface area contributed by atoms with Crippen LogP contribution in [0.4, 0.5) is 5.69 Å². The van der Waals surface area contributed by atoms with Gasteiger partial charge in [-0.1, -0.05) is 0 Å². The van der Waals surface area contributed by atoms with Crippen molar-refractivity contribution in [2.45, 2.75) is 70.1 Å². The van der Waals surface area contributed by atoms with Crippen LogP contribution in [-0.2, 0) is 38.4 Å². The van der Waals surface area contributed by atoms with Gasteiger partial charge < -0.3 is 46.9 Å². The summed E-state index contributed by atoms with van der Waals surface area (Å²) >= 11 is 1.31. The lowest BCUT2D eigenvalue weighted by Gasteiger charge is -2.26. The van der Waals surface area contributed by atoms with Crippen molar-refractivity contribution in [3.05, 3.63) is 40.2 Å². The Kier molecular flexibility index (Phi) is 15.2. The van der Waals surface area contributed by atoms with Crippen molar-refractivity contribution in [1.29, 1.82) is 0 Å². The number of amides is 6. The number of anilines is 1. The molecule has 19 heteroatoms. The van der Waals surface area contributed by atoms with E-state index in [2.05, 4.69) is 26.6 Å². The van der Waals surface area contributed by atoms with E-state index in [1.807, 2.05) is 0 Å². The van der Waals surface area contributed by atoms with Crippen LogP contribution in [0, 0.1) is 6.92 Å². The quantitative estimate of drug-likeness (QED) is 0.0812. The molecule has 1 aromatic carbocycles. The molecule has 266 valence electrons. The van der Waals surface area contributed by atoms with E-state index in [0.29, 0.717) is 16.7 Å². The minimum Gasteiger partial charge on any atom is -0.481 e. The number of carbonyl (C=O) groups excluding carboxylic acids is 6. The molecule has 2 aromatic rings. The fraction of sp³-hybridized carbons (Fsp3) is 0.433. The molecule has 4 unspecified atom stereocenters. The SMILES string of the molecule is CSCCC(NC(=O)C(CC(=O)O)NC(C)=O)C(=O)NC(CCC(N)=O)C(=O)NC(CC(=O)O)C(=O)Nc1ccc2c(C)cc(=O)oc2c1. The third-order valence-electron chi connectivity index (χ3n) is 6.86.